The number of aromatic nitrogens is 4. The van der Waals surface area contributed by atoms with Crippen LogP contribution >= 0.6 is 22.9 Å². The Kier molecular flexibility index (Phi) is 4.54. The van der Waals surface area contributed by atoms with Crippen molar-refractivity contribution in [2.75, 3.05) is 0 Å². The summed E-state index contributed by atoms with van der Waals surface area (Å²) >= 11 is 7.77. The molecular formula is C22H21ClFN5OS. The second kappa shape index (κ2) is 7.20. The molecule has 5 atom stereocenters. The van der Waals surface area contributed by atoms with Crippen LogP contribution in [0.25, 0.3) is 5.69 Å². The zero-order chi connectivity index (χ0) is 21.2. The first-order chi connectivity index (χ1) is 15.1. The van der Waals surface area contributed by atoms with E-state index in [0.717, 1.165) is 12.8 Å². The number of thiophene rings is 1. The van der Waals surface area contributed by atoms with Gasteiger partial charge < -0.3 is 4.74 Å². The quantitative estimate of drug-likeness (QED) is 0.566. The first-order valence-corrected chi connectivity index (χ1v) is 11.7. The molecule has 2 aromatic heterocycles. The SMILES string of the molecule is CCc1ccc(CNC2(c3nnnn3-c3ccc(Cl)cc3F)C[C@@H]3[C@H]2[C@H]2C=C[C@@H]3O2)s1. The molecule has 3 aromatic rings. The van der Waals surface area contributed by atoms with Crippen LogP contribution < -0.4 is 5.32 Å². The Morgan fingerprint density at radius 2 is 2.10 bits per heavy atom. The monoisotopic (exact) mass is 457 g/mol. The summed E-state index contributed by atoms with van der Waals surface area (Å²) in [5, 5.41) is 16.6. The predicted octanol–water partition coefficient (Wildman–Crippen LogP) is 4.04. The molecule has 1 saturated heterocycles. The topological polar surface area (TPSA) is 64.9 Å². The molecule has 160 valence electrons. The summed E-state index contributed by atoms with van der Waals surface area (Å²) in [5.41, 5.74) is -0.209. The van der Waals surface area contributed by atoms with Gasteiger partial charge in [0.15, 0.2) is 5.82 Å². The summed E-state index contributed by atoms with van der Waals surface area (Å²) in [6.45, 7) is 2.86. The molecule has 0 spiro atoms. The van der Waals surface area contributed by atoms with E-state index in [-0.39, 0.29) is 23.8 Å². The molecule has 9 heteroatoms. The molecule has 0 amide bonds. The van der Waals surface area contributed by atoms with E-state index in [1.807, 2.05) is 11.3 Å². The normalized spacial score (nSPS) is 30.5. The Balaban J connectivity index is 1.40. The molecule has 1 aliphatic carbocycles. The highest BCUT2D eigenvalue weighted by Crippen LogP contribution is 2.61. The zero-order valence-corrected chi connectivity index (χ0v) is 18.4. The molecule has 2 fully saturated rings. The van der Waals surface area contributed by atoms with Crippen molar-refractivity contribution in [3.8, 4) is 5.69 Å². The number of fused-ring (bicyclic) bond motifs is 5. The molecular weight excluding hydrogens is 437 g/mol. The van der Waals surface area contributed by atoms with Crippen molar-refractivity contribution < 1.29 is 9.13 Å². The highest BCUT2D eigenvalue weighted by molar-refractivity contribution is 7.11. The fourth-order valence-corrected chi connectivity index (χ4v) is 6.42. The molecule has 6 rings (SSSR count). The average molecular weight is 458 g/mol. The molecule has 2 bridgehead atoms. The van der Waals surface area contributed by atoms with Crippen molar-refractivity contribution in [2.24, 2.45) is 11.8 Å². The van der Waals surface area contributed by atoms with E-state index in [4.69, 9.17) is 16.3 Å². The van der Waals surface area contributed by atoms with Gasteiger partial charge in [0.05, 0.1) is 17.7 Å². The fourth-order valence-electron chi connectivity index (χ4n) is 5.37. The van der Waals surface area contributed by atoms with Crippen LogP contribution in [0.2, 0.25) is 5.02 Å². The number of nitrogens with one attached hydrogen (secondary N) is 1. The largest absolute Gasteiger partial charge is 0.366 e. The van der Waals surface area contributed by atoms with Crippen molar-refractivity contribution >= 4 is 22.9 Å². The van der Waals surface area contributed by atoms with Crippen LogP contribution in [0.15, 0.2) is 42.5 Å². The minimum absolute atomic E-state index is 0.0194. The standard InChI is InChI=1S/C22H21ClFN5OS/c1-2-13-4-5-14(31-13)11-25-22(10-15-18-7-8-19(30-18)20(15)22)21-26-27-28-29(21)17-6-3-12(23)9-16(17)24/h3-9,15,18-20,25H,2,10-11H2,1H3/t15-,18-,19+,20-,22?/m0/s1. The lowest BCUT2D eigenvalue weighted by Crippen LogP contribution is -2.63. The maximum absolute atomic E-state index is 14.8. The summed E-state index contributed by atoms with van der Waals surface area (Å²) < 4.78 is 22.4. The van der Waals surface area contributed by atoms with Gasteiger partial charge in [0.25, 0.3) is 0 Å². The molecule has 6 nitrogen and oxygen atoms in total. The van der Waals surface area contributed by atoms with E-state index >= 15 is 0 Å². The van der Waals surface area contributed by atoms with Gasteiger partial charge in [0.2, 0.25) is 0 Å². The van der Waals surface area contributed by atoms with Crippen molar-refractivity contribution in [2.45, 2.75) is 44.1 Å². The van der Waals surface area contributed by atoms with E-state index in [2.05, 4.69) is 52.1 Å². The van der Waals surface area contributed by atoms with Gasteiger partial charge in [0, 0.05) is 27.2 Å². The van der Waals surface area contributed by atoms with E-state index in [1.54, 1.807) is 12.1 Å². The number of rotatable bonds is 6. The van der Waals surface area contributed by atoms with Gasteiger partial charge in [-0.05, 0) is 59.5 Å². The summed E-state index contributed by atoms with van der Waals surface area (Å²) in [5.74, 6) is 0.777. The summed E-state index contributed by atoms with van der Waals surface area (Å²) in [7, 11) is 0. The molecule has 1 unspecified atom stereocenters. The van der Waals surface area contributed by atoms with Gasteiger partial charge in [-0.15, -0.1) is 16.4 Å². The molecule has 1 aromatic carbocycles. The second-order valence-electron chi connectivity index (χ2n) is 8.40. The van der Waals surface area contributed by atoms with Crippen molar-refractivity contribution in [3.05, 3.63) is 68.9 Å². The summed E-state index contributed by atoms with van der Waals surface area (Å²) in [4.78, 5) is 2.62. The Hall–Kier alpha value is -2.13. The van der Waals surface area contributed by atoms with Crippen LogP contribution in [0.1, 0.15) is 28.9 Å². The number of benzene rings is 1. The molecule has 3 aliphatic rings. The number of ether oxygens (including phenoxy) is 1. The van der Waals surface area contributed by atoms with Crippen molar-refractivity contribution in [1.82, 2.24) is 25.5 Å². The van der Waals surface area contributed by atoms with Gasteiger partial charge in [-0.3, -0.25) is 5.32 Å². The van der Waals surface area contributed by atoms with Crippen LogP contribution in [0.5, 0.6) is 0 Å². The van der Waals surface area contributed by atoms with Gasteiger partial charge in [0.1, 0.15) is 11.5 Å². The Labute approximate surface area is 188 Å². The van der Waals surface area contributed by atoms with Gasteiger partial charge >= 0.3 is 0 Å². The lowest BCUT2D eigenvalue weighted by Gasteiger charge is -2.53. The van der Waals surface area contributed by atoms with Gasteiger partial charge in [-0.2, -0.15) is 4.68 Å². The number of hydrogen-bond acceptors (Lipinski definition) is 6. The summed E-state index contributed by atoms with van der Waals surface area (Å²) in [6.07, 6.45) is 6.33. The van der Waals surface area contributed by atoms with Crippen molar-refractivity contribution in [3.63, 3.8) is 0 Å². The Bertz CT molecular complexity index is 1180. The highest BCUT2D eigenvalue weighted by atomic mass is 35.5. The van der Waals surface area contributed by atoms with Crippen LogP contribution in [0, 0.1) is 17.7 Å². The number of hydrogen-bond donors (Lipinski definition) is 1. The van der Waals surface area contributed by atoms with Gasteiger partial charge in [-0.1, -0.05) is 30.7 Å². The van der Waals surface area contributed by atoms with Gasteiger partial charge in [-0.25, -0.2) is 4.39 Å². The molecule has 2 aliphatic heterocycles. The summed E-state index contributed by atoms with van der Waals surface area (Å²) in [6, 6.07) is 8.89. The van der Waals surface area contributed by atoms with E-state index < -0.39 is 11.4 Å². The Morgan fingerprint density at radius 3 is 2.87 bits per heavy atom. The third kappa shape index (κ3) is 2.92. The average Bonchev–Trinajstić information content (AvgIpc) is 3.52. The predicted molar refractivity (Wildman–Crippen MR) is 116 cm³/mol. The molecule has 1 N–H and O–H groups in total. The second-order valence-corrected chi connectivity index (χ2v) is 10.1. The Morgan fingerprint density at radius 1 is 1.26 bits per heavy atom. The van der Waals surface area contributed by atoms with E-state index in [0.29, 0.717) is 23.3 Å². The molecule has 31 heavy (non-hydrogen) atoms. The van der Waals surface area contributed by atoms with Crippen LogP contribution in [0.4, 0.5) is 4.39 Å². The maximum atomic E-state index is 14.8. The number of nitrogens with zero attached hydrogens (tertiary/aromatic N) is 4. The first-order valence-electron chi connectivity index (χ1n) is 10.5. The highest BCUT2D eigenvalue weighted by Gasteiger charge is 2.67. The first kappa shape index (κ1) is 19.5. The molecule has 1 saturated carbocycles. The van der Waals surface area contributed by atoms with E-state index in [1.165, 1.54) is 20.5 Å². The lowest BCUT2D eigenvalue weighted by molar-refractivity contribution is 0.00330. The fraction of sp³-hybridized carbons (Fsp3) is 0.409. The minimum Gasteiger partial charge on any atom is -0.366 e. The van der Waals surface area contributed by atoms with E-state index in [9.17, 15) is 4.39 Å². The third-order valence-corrected chi connectivity index (χ3v) is 8.28. The van der Waals surface area contributed by atoms with Crippen LogP contribution in [0.3, 0.4) is 0 Å². The number of halogens is 2. The van der Waals surface area contributed by atoms with Crippen molar-refractivity contribution in [1.29, 1.82) is 0 Å². The smallest absolute Gasteiger partial charge is 0.177 e. The van der Waals surface area contributed by atoms with Crippen LogP contribution in [-0.4, -0.2) is 32.4 Å². The molecule has 4 heterocycles. The lowest BCUT2D eigenvalue weighted by atomic mass is 9.54. The third-order valence-electron chi connectivity index (χ3n) is 6.82. The minimum atomic E-state index is -0.499. The zero-order valence-electron chi connectivity index (χ0n) is 16.8. The number of tetrazole rings is 1. The van der Waals surface area contributed by atoms with Crippen LogP contribution in [-0.2, 0) is 23.2 Å². The number of aryl methyl sites for hydroxylation is 1. The maximum Gasteiger partial charge on any atom is 0.177 e. The molecule has 0 radical (unpaired) electrons.